The standard InChI is InChI=1S/C7H10O4/c1-7(2)10-5-4(8)3-9-6(5)11-7/h5-6H,3H2,1-2H3/t5-,6-/m1/s1. The van der Waals surface area contributed by atoms with E-state index >= 15 is 0 Å². The molecule has 2 heterocycles. The fourth-order valence-electron chi connectivity index (χ4n) is 1.32. The molecule has 2 saturated heterocycles. The van der Waals surface area contributed by atoms with Gasteiger partial charge in [0.1, 0.15) is 6.61 Å². The third kappa shape index (κ3) is 1.07. The lowest BCUT2D eigenvalue weighted by Crippen LogP contribution is -2.26. The van der Waals surface area contributed by atoms with Gasteiger partial charge >= 0.3 is 0 Å². The fraction of sp³-hybridized carbons (Fsp3) is 0.857. The summed E-state index contributed by atoms with van der Waals surface area (Å²) in [5, 5.41) is 0. The van der Waals surface area contributed by atoms with E-state index in [2.05, 4.69) is 0 Å². The Morgan fingerprint density at radius 1 is 1.45 bits per heavy atom. The summed E-state index contributed by atoms with van der Waals surface area (Å²) in [5.41, 5.74) is 0. The highest BCUT2D eigenvalue weighted by Crippen LogP contribution is 2.32. The van der Waals surface area contributed by atoms with Crippen LogP contribution in [0.25, 0.3) is 0 Å². The van der Waals surface area contributed by atoms with Gasteiger partial charge in [0.2, 0.25) is 0 Å². The lowest BCUT2D eigenvalue weighted by atomic mass is 10.3. The van der Waals surface area contributed by atoms with E-state index in [1.807, 2.05) is 0 Å². The molecule has 2 fully saturated rings. The Hall–Kier alpha value is -0.450. The first kappa shape index (κ1) is 7.21. The van der Waals surface area contributed by atoms with Crippen LogP contribution in [0.5, 0.6) is 0 Å². The summed E-state index contributed by atoms with van der Waals surface area (Å²) in [5.74, 6) is -0.702. The maximum atomic E-state index is 11.0. The van der Waals surface area contributed by atoms with Crippen LogP contribution in [0.1, 0.15) is 13.8 Å². The van der Waals surface area contributed by atoms with Gasteiger partial charge in [0.15, 0.2) is 24.0 Å². The summed E-state index contributed by atoms with van der Waals surface area (Å²) in [7, 11) is 0. The zero-order valence-electron chi connectivity index (χ0n) is 6.49. The van der Waals surface area contributed by atoms with Crippen LogP contribution in [0.4, 0.5) is 0 Å². The molecule has 2 atom stereocenters. The quantitative estimate of drug-likeness (QED) is 0.500. The van der Waals surface area contributed by atoms with Crippen LogP contribution < -0.4 is 0 Å². The predicted octanol–water partition coefficient (Wildman–Crippen LogP) is 0.0633. The predicted molar refractivity (Wildman–Crippen MR) is 34.8 cm³/mol. The molecule has 0 N–H and O–H groups in total. The zero-order valence-corrected chi connectivity index (χ0v) is 6.49. The number of hydrogen-bond acceptors (Lipinski definition) is 4. The highest BCUT2D eigenvalue weighted by molar-refractivity contribution is 5.86. The fourth-order valence-corrected chi connectivity index (χ4v) is 1.32. The van der Waals surface area contributed by atoms with Gasteiger partial charge in [-0.15, -0.1) is 0 Å². The van der Waals surface area contributed by atoms with E-state index in [1.165, 1.54) is 0 Å². The van der Waals surface area contributed by atoms with Crippen LogP contribution in [0.3, 0.4) is 0 Å². The molecule has 0 radical (unpaired) electrons. The van der Waals surface area contributed by atoms with E-state index in [9.17, 15) is 4.79 Å². The Balaban J connectivity index is 2.16. The number of rotatable bonds is 0. The van der Waals surface area contributed by atoms with Crippen molar-refractivity contribution in [3.63, 3.8) is 0 Å². The Morgan fingerprint density at radius 3 is 2.82 bits per heavy atom. The van der Waals surface area contributed by atoms with Gasteiger partial charge < -0.3 is 14.2 Å². The van der Waals surface area contributed by atoms with E-state index < -0.39 is 18.2 Å². The lowest BCUT2D eigenvalue weighted by molar-refractivity contribution is -0.193. The monoisotopic (exact) mass is 158 g/mol. The second kappa shape index (κ2) is 2.03. The highest BCUT2D eigenvalue weighted by Gasteiger charge is 2.49. The van der Waals surface area contributed by atoms with Crippen LogP contribution in [0.15, 0.2) is 0 Å². The van der Waals surface area contributed by atoms with Gasteiger partial charge in [0, 0.05) is 0 Å². The van der Waals surface area contributed by atoms with Crippen molar-refractivity contribution in [3.05, 3.63) is 0 Å². The largest absolute Gasteiger partial charge is 0.341 e. The molecule has 0 aromatic carbocycles. The van der Waals surface area contributed by atoms with Crippen LogP contribution in [0, 0.1) is 0 Å². The second-order valence-corrected chi connectivity index (χ2v) is 3.20. The van der Waals surface area contributed by atoms with Gasteiger partial charge in [-0.25, -0.2) is 0 Å². The summed E-state index contributed by atoms with van der Waals surface area (Å²) in [6, 6.07) is 0. The average Bonchev–Trinajstić information content (AvgIpc) is 2.31. The normalized spacial score (nSPS) is 41.1. The first-order valence-electron chi connectivity index (χ1n) is 3.58. The molecule has 0 saturated carbocycles. The molecule has 2 rings (SSSR count). The maximum absolute atomic E-state index is 11.0. The zero-order chi connectivity index (χ0) is 8.06. The van der Waals surface area contributed by atoms with Crippen molar-refractivity contribution in [2.24, 2.45) is 0 Å². The van der Waals surface area contributed by atoms with E-state index in [0.717, 1.165) is 0 Å². The number of carbonyl (C=O) groups is 1. The van der Waals surface area contributed by atoms with Crippen LogP contribution >= 0.6 is 0 Å². The molecule has 4 heteroatoms. The molecule has 0 unspecified atom stereocenters. The van der Waals surface area contributed by atoms with Crippen molar-refractivity contribution in [1.29, 1.82) is 0 Å². The molecular weight excluding hydrogens is 148 g/mol. The summed E-state index contributed by atoms with van der Waals surface area (Å²) >= 11 is 0. The Kier molecular flexibility index (Phi) is 1.33. The first-order valence-corrected chi connectivity index (χ1v) is 3.58. The molecule has 11 heavy (non-hydrogen) atoms. The van der Waals surface area contributed by atoms with Crippen molar-refractivity contribution < 1.29 is 19.0 Å². The van der Waals surface area contributed by atoms with Crippen molar-refractivity contribution in [2.75, 3.05) is 6.61 Å². The van der Waals surface area contributed by atoms with Crippen molar-refractivity contribution in [2.45, 2.75) is 32.0 Å². The Morgan fingerprint density at radius 2 is 2.18 bits per heavy atom. The molecule has 0 aromatic heterocycles. The van der Waals surface area contributed by atoms with Gasteiger partial charge in [0.05, 0.1) is 0 Å². The number of ether oxygens (including phenoxy) is 3. The van der Waals surface area contributed by atoms with Crippen molar-refractivity contribution in [3.8, 4) is 0 Å². The molecular formula is C7H10O4. The summed E-state index contributed by atoms with van der Waals surface area (Å²) < 4.78 is 15.6. The van der Waals surface area contributed by atoms with Gasteiger partial charge in [-0.2, -0.15) is 0 Å². The molecule has 0 amide bonds. The van der Waals surface area contributed by atoms with E-state index in [4.69, 9.17) is 14.2 Å². The van der Waals surface area contributed by atoms with Crippen molar-refractivity contribution >= 4 is 5.78 Å². The molecule has 0 aromatic rings. The maximum Gasteiger partial charge on any atom is 0.194 e. The first-order chi connectivity index (χ1) is 5.08. The minimum absolute atomic E-state index is 0.0272. The van der Waals surface area contributed by atoms with Gasteiger partial charge in [-0.05, 0) is 13.8 Å². The number of Topliss-reactive ketones (excluding diaryl/α,β-unsaturated/α-hetero) is 1. The topological polar surface area (TPSA) is 44.8 Å². The smallest absolute Gasteiger partial charge is 0.194 e. The van der Waals surface area contributed by atoms with E-state index in [0.29, 0.717) is 0 Å². The van der Waals surface area contributed by atoms with Crippen LogP contribution in [-0.2, 0) is 19.0 Å². The highest BCUT2D eigenvalue weighted by atomic mass is 16.8. The van der Waals surface area contributed by atoms with Gasteiger partial charge in [-0.1, -0.05) is 0 Å². The molecule has 2 aliphatic heterocycles. The summed E-state index contributed by atoms with van der Waals surface area (Å²) in [6.07, 6.45) is -0.970. The number of fused-ring (bicyclic) bond motifs is 1. The molecule has 0 bridgehead atoms. The molecule has 4 nitrogen and oxygen atoms in total. The summed E-state index contributed by atoms with van der Waals surface area (Å²) in [6.45, 7) is 3.65. The second-order valence-electron chi connectivity index (χ2n) is 3.20. The van der Waals surface area contributed by atoms with Gasteiger partial charge in [-0.3, -0.25) is 4.79 Å². The third-order valence-electron chi connectivity index (χ3n) is 1.77. The third-order valence-corrected chi connectivity index (χ3v) is 1.77. The average molecular weight is 158 g/mol. The van der Waals surface area contributed by atoms with E-state index in [-0.39, 0.29) is 12.4 Å². The van der Waals surface area contributed by atoms with Crippen LogP contribution in [-0.4, -0.2) is 30.6 Å². The lowest BCUT2D eigenvalue weighted by Gasteiger charge is -2.16. The molecule has 0 spiro atoms. The summed E-state index contributed by atoms with van der Waals surface area (Å²) in [4.78, 5) is 11.0. The van der Waals surface area contributed by atoms with Gasteiger partial charge in [0.25, 0.3) is 0 Å². The molecule has 0 aliphatic carbocycles. The molecule has 2 aliphatic rings. The molecule has 62 valence electrons. The number of hydrogen-bond donors (Lipinski definition) is 0. The Bertz CT molecular complexity index is 199. The Labute approximate surface area is 64.4 Å². The number of ketones is 1. The minimum Gasteiger partial charge on any atom is -0.341 e. The van der Waals surface area contributed by atoms with Crippen molar-refractivity contribution in [1.82, 2.24) is 0 Å². The SMILES string of the molecule is CC1(C)O[C@H]2OCC(=O)[C@H]2O1. The minimum atomic E-state index is -0.675. The number of carbonyl (C=O) groups excluding carboxylic acids is 1. The van der Waals surface area contributed by atoms with E-state index in [1.54, 1.807) is 13.8 Å². The van der Waals surface area contributed by atoms with Crippen LogP contribution in [0.2, 0.25) is 0 Å².